The van der Waals surface area contributed by atoms with E-state index in [1.54, 1.807) is 49.1 Å². The molecular weight excluding hydrogens is 376 g/mol. The number of hydrogen-bond acceptors (Lipinski definition) is 4. The molecule has 2 aromatic carbocycles. The van der Waals surface area contributed by atoms with Gasteiger partial charge in [0.2, 0.25) is 0 Å². The molecule has 4 rings (SSSR count). The summed E-state index contributed by atoms with van der Waals surface area (Å²) in [5.41, 5.74) is 2.34. The molecule has 2 heterocycles. The lowest BCUT2D eigenvalue weighted by atomic mass is 10.2. The summed E-state index contributed by atoms with van der Waals surface area (Å²) in [4.78, 5) is 16.6. The molecule has 0 radical (unpaired) electrons. The van der Waals surface area contributed by atoms with Crippen molar-refractivity contribution in [2.24, 2.45) is 0 Å². The van der Waals surface area contributed by atoms with E-state index in [4.69, 9.17) is 0 Å². The Morgan fingerprint density at radius 1 is 0.897 bits per heavy atom. The molecule has 1 aliphatic rings. The number of halogens is 2. The van der Waals surface area contributed by atoms with Crippen molar-refractivity contribution in [1.29, 1.82) is 0 Å². The number of aromatic nitrogens is 3. The van der Waals surface area contributed by atoms with E-state index < -0.39 is 0 Å². The van der Waals surface area contributed by atoms with Gasteiger partial charge in [-0.3, -0.25) is 4.79 Å². The van der Waals surface area contributed by atoms with Gasteiger partial charge in [0.05, 0.1) is 17.1 Å². The summed E-state index contributed by atoms with van der Waals surface area (Å²) in [6.07, 6.45) is 0. The van der Waals surface area contributed by atoms with E-state index in [1.165, 1.54) is 16.8 Å². The van der Waals surface area contributed by atoms with E-state index in [0.717, 1.165) is 0 Å². The Balaban J connectivity index is 1.51. The van der Waals surface area contributed by atoms with E-state index in [-0.39, 0.29) is 23.2 Å². The largest absolute Gasteiger partial charge is 0.366 e. The minimum absolute atomic E-state index is 0.226. The highest BCUT2D eigenvalue weighted by atomic mass is 19.1. The molecule has 1 aromatic heterocycles. The summed E-state index contributed by atoms with van der Waals surface area (Å²) in [5, 5.41) is 8.13. The van der Waals surface area contributed by atoms with Gasteiger partial charge < -0.3 is 9.80 Å². The number of carbonyl (C=O) groups excluding carboxylic acids is 1. The fraction of sp³-hybridized carbons (Fsp3) is 0.286. The number of para-hydroxylation sites is 1. The summed E-state index contributed by atoms with van der Waals surface area (Å²) in [6.45, 7) is 5.38. The van der Waals surface area contributed by atoms with Crippen LogP contribution in [0.25, 0.3) is 5.69 Å². The standard InChI is InChI=1S/C21H21F2N5O/c1-14-16(22)7-5-9-18(14)28-15(2)20(24-25-28)21(29)27-12-10-26(11-13-27)19-8-4-3-6-17(19)23/h3-9H,10-13H2,1-2H3. The van der Waals surface area contributed by atoms with E-state index in [0.29, 0.717) is 48.8 Å². The Morgan fingerprint density at radius 2 is 1.55 bits per heavy atom. The molecule has 0 bridgehead atoms. The lowest BCUT2D eigenvalue weighted by molar-refractivity contribution is 0.0740. The number of carbonyl (C=O) groups is 1. The first-order chi connectivity index (χ1) is 14.0. The topological polar surface area (TPSA) is 54.3 Å². The van der Waals surface area contributed by atoms with Gasteiger partial charge >= 0.3 is 0 Å². The molecule has 1 saturated heterocycles. The van der Waals surface area contributed by atoms with Gasteiger partial charge in [0.15, 0.2) is 5.69 Å². The number of nitrogens with zero attached hydrogens (tertiary/aromatic N) is 5. The molecule has 0 atom stereocenters. The first-order valence-electron chi connectivity index (χ1n) is 9.44. The quantitative estimate of drug-likeness (QED) is 0.682. The second-order valence-electron chi connectivity index (χ2n) is 7.05. The van der Waals surface area contributed by atoms with Crippen molar-refractivity contribution < 1.29 is 13.6 Å². The van der Waals surface area contributed by atoms with Crippen LogP contribution in [-0.4, -0.2) is 52.0 Å². The van der Waals surface area contributed by atoms with Crippen molar-refractivity contribution in [3.05, 3.63) is 71.1 Å². The van der Waals surface area contributed by atoms with Crippen molar-refractivity contribution in [3.8, 4) is 5.69 Å². The van der Waals surface area contributed by atoms with Gasteiger partial charge in [-0.2, -0.15) is 0 Å². The maximum atomic E-state index is 14.0. The average Bonchev–Trinajstić information content (AvgIpc) is 3.11. The normalized spacial score (nSPS) is 14.3. The molecule has 29 heavy (non-hydrogen) atoms. The molecule has 150 valence electrons. The summed E-state index contributed by atoms with van der Waals surface area (Å²) < 4.78 is 29.4. The van der Waals surface area contributed by atoms with Gasteiger partial charge in [0.1, 0.15) is 11.6 Å². The highest BCUT2D eigenvalue weighted by Crippen LogP contribution is 2.22. The molecule has 8 heteroatoms. The van der Waals surface area contributed by atoms with Gasteiger partial charge in [-0.1, -0.05) is 23.4 Å². The predicted molar refractivity (Wildman–Crippen MR) is 105 cm³/mol. The smallest absolute Gasteiger partial charge is 0.276 e. The van der Waals surface area contributed by atoms with E-state index in [1.807, 2.05) is 4.90 Å². The van der Waals surface area contributed by atoms with Gasteiger partial charge in [-0.25, -0.2) is 13.5 Å². The molecule has 0 aliphatic carbocycles. The molecule has 3 aromatic rings. The fourth-order valence-corrected chi connectivity index (χ4v) is 3.59. The Kier molecular flexibility index (Phi) is 5.00. The lowest BCUT2D eigenvalue weighted by Gasteiger charge is -2.35. The Hall–Kier alpha value is -3.29. The van der Waals surface area contributed by atoms with Crippen LogP contribution in [0.2, 0.25) is 0 Å². The van der Waals surface area contributed by atoms with Crippen molar-refractivity contribution in [3.63, 3.8) is 0 Å². The van der Waals surface area contributed by atoms with E-state index in [2.05, 4.69) is 10.3 Å². The van der Waals surface area contributed by atoms with Crippen LogP contribution >= 0.6 is 0 Å². The van der Waals surface area contributed by atoms with E-state index >= 15 is 0 Å². The van der Waals surface area contributed by atoms with Crippen LogP contribution < -0.4 is 4.90 Å². The summed E-state index contributed by atoms with van der Waals surface area (Å²) in [7, 11) is 0. The molecule has 1 fully saturated rings. The zero-order chi connectivity index (χ0) is 20.5. The highest BCUT2D eigenvalue weighted by molar-refractivity contribution is 5.93. The second kappa shape index (κ2) is 7.62. The Bertz CT molecular complexity index is 1060. The maximum Gasteiger partial charge on any atom is 0.276 e. The molecule has 0 spiro atoms. The third-order valence-electron chi connectivity index (χ3n) is 5.32. The molecule has 0 unspecified atom stereocenters. The fourth-order valence-electron chi connectivity index (χ4n) is 3.59. The van der Waals surface area contributed by atoms with Crippen molar-refractivity contribution in [2.75, 3.05) is 31.1 Å². The molecular formula is C21H21F2N5O. The van der Waals surface area contributed by atoms with Crippen LogP contribution in [0, 0.1) is 25.5 Å². The van der Waals surface area contributed by atoms with Gasteiger partial charge in [0, 0.05) is 31.7 Å². The van der Waals surface area contributed by atoms with Crippen molar-refractivity contribution in [1.82, 2.24) is 19.9 Å². The third-order valence-corrected chi connectivity index (χ3v) is 5.32. The monoisotopic (exact) mass is 397 g/mol. The number of piperazine rings is 1. The van der Waals surface area contributed by atoms with Crippen molar-refractivity contribution in [2.45, 2.75) is 13.8 Å². The lowest BCUT2D eigenvalue weighted by Crippen LogP contribution is -2.49. The predicted octanol–water partition coefficient (Wildman–Crippen LogP) is 3.12. The summed E-state index contributed by atoms with van der Waals surface area (Å²) in [6, 6.07) is 11.3. The SMILES string of the molecule is Cc1c(F)cccc1-n1nnc(C(=O)N2CCN(c3ccccc3F)CC2)c1C. The van der Waals surface area contributed by atoms with E-state index in [9.17, 15) is 13.6 Å². The molecule has 0 N–H and O–H groups in total. The van der Waals surface area contributed by atoms with Crippen molar-refractivity contribution >= 4 is 11.6 Å². The molecule has 1 aliphatic heterocycles. The zero-order valence-electron chi connectivity index (χ0n) is 16.3. The first kappa shape index (κ1) is 19.0. The third kappa shape index (κ3) is 3.46. The van der Waals surface area contributed by atoms with Crippen LogP contribution in [0.15, 0.2) is 42.5 Å². The van der Waals surface area contributed by atoms with Crippen LogP contribution in [0.1, 0.15) is 21.7 Å². The number of amides is 1. The van der Waals surface area contributed by atoms with Crippen LogP contribution in [0.3, 0.4) is 0 Å². The van der Waals surface area contributed by atoms with Gasteiger partial charge in [0.25, 0.3) is 5.91 Å². The minimum Gasteiger partial charge on any atom is -0.366 e. The minimum atomic E-state index is -0.338. The highest BCUT2D eigenvalue weighted by Gasteiger charge is 2.27. The summed E-state index contributed by atoms with van der Waals surface area (Å²) >= 11 is 0. The number of rotatable bonds is 3. The van der Waals surface area contributed by atoms with Gasteiger partial charge in [-0.15, -0.1) is 5.10 Å². The van der Waals surface area contributed by atoms with Gasteiger partial charge in [-0.05, 0) is 38.1 Å². The zero-order valence-corrected chi connectivity index (χ0v) is 16.3. The van der Waals surface area contributed by atoms with Crippen LogP contribution in [-0.2, 0) is 0 Å². The van der Waals surface area contributed by atoms with Crippen LogP contribution in [0.4, 0.5) is 14.5 Å². The Morgan fingerprint density at radius 3 is 2.28 bits per heavy atom. The Labute approximate surface area is 167 Å². The molecule has 1 amide bonds. The maximum absolute atomic E-state index is 14.0. The number of hydrogen-bond donors (Lipinski definition) is 0. The molecule has 6 nitrogen and oxygen atoms in total. The first-order valence-corrected chi connectivity index (χ1v) is 9.44. The molecule has 0 saturated carbocycles. The van der Waals surface area contributed by atoms with Crippen LogP contribution in [0.5, 0.6) is 0 Å². The average molecular weight is 397 g/mol. The summed E-state index contributed by atoms with van der Waals surface area (Å²) in [5.74, 6) is -0.831. The number of benzene rings is 2. The second-order valence-corrected chi connectivity index (χ2v) is 7.05. The number of anilines is 1.